The molecule has 5 nitrogen and oxygen atoms in total. The summed E-state index contributed by atoms with van der Waals surface area (Å²) in [6.45, 7) is 5.96. The fourth-order valence-corrected chi connectivity index (χ4v) is 4.95. The molecular formula is C20H33N3O2S. The first-order chi connectivity index (χ1) is 12.5. The highest BCUT2D eigenvalue weighted by Gasteiger charge is 2.26. The lowest BCUT2D eigenvalue weighted by Gasteiger charge is -2.35. The van der Waals surface area contributed by atoms with Gasteiger partial charge in [-0.25, -0.2) is 12.7 Å². The van der Waals surface area contributed by atoms with Crippen LogP contribution in [0.2, 0.25) is 0 Å². The molecule has 1 aromatic carbocycles. The van der Waals surface area contributed by atoms with Crippen molar-refractivity contribution < 1.29 is 8.42 Å². The van der Waals surface area contributed by atoms with E-state index in [0.717, 1.165) is 38.3 Å². The molecule has 2 heterocycles. The topological polar surface area (TPSA) is 52.7 Å². The van der Waals surface area contributed by atoms with E-state index in [4.69, 9.17) is 0 Å². The summed E-state index contributed by atoms with van der Waals surface area (Å²) in [5.74, 6) is 0.760. The molecule has 0 radical (unpaired) electrons. The number of nitrogens with zero attached hydrogens (tertiary/aromatic N) is 2. The van der Waals surface area contributed by atoms with Gasteiger partial charge in [0.05, 0.1) is 6.26 Å². The maximum Gasteiger partial charge on any atom is 0.211 e. The number of piperidine rings is 2. The average molecular weight is 380 g/mol. The van der Waals surface area contributed by atoms with Crippen LogP contribution in [0.1, 0.15) is 31.2 Å². The molecule has 6 heteroatoms. The molecule has 26 heavy (non-hydrogen) atoms. The maximum absolute atomic E-state index is 11.6. The minimum atomic E-state index is -3.02. The van der Waals surface area contributed by atoms with Crippen molar-refractivity contribution in [2.45, 2.75) is 38.1 Å². The lowest BCUT2D eigenvalue weighted by atomic mass is 9.95. The SMILES string of the molecule is CS(=O)(=O)N1CCC(NCC2CCN(CCc3ccccc3)CC2)CC1. The molecule has 0 atom stereocenters. The van der Waals surface area contributed by atoms with Crippen molar-refractivity contribution >= 4 is 10.0 Å². The van der Waals surface area contributed by atoms with Gasteiger partial charge in [0.2, 0.25) is 10.0 Å². The molecule has 0 aromatic heterocycles. The highest BCUT2D eigenvalue weighted by molar-refractivity contribution is 7.88. The van der Waals surface area contributed by atoms with Gasteiger partial charge in [-0.2, -0.15) is 0 Å². The molecule has 0 bridgehead atoms. The Morgan fingerprint density at radius 1 is 1.00 bits per heavy atom. The van der Waals surface area contributed by atoms with Gasteiger partial charge in [-0.1, -0.05) is 30.3 Å². The summed E-state index contributed by atoms with van der Waals surface area (Å²) in [5.41, 5.74) is 1.43. The summed E-state index contributed by atoms with van der Waals surface area (Å²) in [5, 5.41) is 3.70. The molecule has 3 rings (SSSR count). The van der Waals surface area contributed by atoms with Gasteiger partial charge in [0.25, 0.3) is 0 Å². The number of hydrogen-bond acceptors (Lipinski definition) is 4. The van der Waals surface area contributed by atoms with E-state index in [0.29, 0.717) is 19.1 Å². The van der Waals surface area contributed by atoms with Crippen LogP contribution in [0.15, 0.2) is 30.3 Å². The summed E-state index contributed by atoms with van der Waals surface area (Å²) in [6, 6.07) is 11.2. The standard InChI is InChI=1S/C20H33N3O2S/c1-26(24,25)23-15-10-20(11-16-23)21-17-19-8-13-22(14-9-19)12-7-18-5-3-2-4-6-18/h2-6,19-21H,7-17H2,1H3. The Morgan fingerprint density at radius 3 is 2.27 bits per heavy atom. The predicted molar refractivity (Wildman–Crippen MR) is 107 cm³/mol. The number of sulfonamides is 1. The third-order valence-corrected chi connectivity index (χ3v) is 7.19. The molecular weight excluding hydrogens is 346 g/mol. The quantitative estimate of drug-likeness (QED) is 0.787. The second-order valence-electron chi connectivity index (χ2n) is 7.87. The van der Waals surface area contributed by atoms with Crippen molar-refractivity contribution in [3.8, 4) is 0 Å². The Hall–Kier alpha value is -0.950. The third-order valence-electron chi connectivity index (χ3n) is 5.88. The van der Waals surface area contributed by atoms with E-state index in [9.17, 15) is 8.42 Å². The number of nitrogens with one attached hydrogen (secondary N) is 1. The van der Waals surface area contributed by atoms with Gasteiger partial charge < -0.3 is 10.2 Å². The van der Waals surface area contributed by atoms with E-state index in [1.54, 1.807) is 4.31 Å². The van der Waals surface area contributed by atoms with Crippen molar-refractivity contribution in [1.82, 2.24) is 14.5 Å². The van der Waals surface area contributed by atoms with Crippen LogP contribution in [-0.4, -0.2) is 69.2 Å². The lowest BCUT2D eigenvalue weighted by molar-refractivity contribution is 0.177. The van der Waals surface area contributed by atoms with Gasteiger partial charge in [-0.05, 0) is 63.2 Å². The van der Waals surface area contributed by atoms with Crippen molar-refractivity contribution in [2.75, 3.05) is 45.5 Å². The van der Waals surface area contributed by atoms with Gasteiger partial charge in [0.15, 0.2) is 0 Å². The zero-order valence-electron chi connectivity index (χ0n) is 15.9. The molecule has 2 saturated heterocycles. The zero-order chi connectivity index (χ0) is 18.4. The third kappa shape index (κ3) is 6.05. The van der Waals surface area contributed by atoms with Crippen LogP contribution >= 0.6 is 0 Å². The lowest BCUT2D eigenvalue weighted by Crippen LogP contribution is -2.46. The summed E-state index contributed by atoms with van der Waals surface area (Å²) < 4.78 is 24.8. The number of rotatable bonds is 7. The average Bonchev–Trinajstić information content (AvgIpc) is 2.66. The van der Waals surface area contributed by atoms with E-state index in [2.05, 4.69) is 40.5 Å². The number of likely N-dealkylation sites (tertiary alicyclic amines) is 1. The minimum Gasteiger partial charge on any atom is -0.314 e. The molecule has 0 amide bonds. The van der Waals surface area contributed by atoms with Crippen LogP contribution in [-0.2, 0) is 16.4 Å². The number of hydrogen-bond donors (Lipinski definition) is 1. The van der Waals surface area contributed by atoms with Crippen LogP contribution in [0.25, 0.3) is 0 Å². The first-order valence-electron chi connectivity index (χ1n) is 9.95. The van der Waals surface area contributed by atoms with Crippen LogP contribution in [0.4, 0.5) is 0 Å². The maximum atomic E-state index is 11.6. The molecule has 2 fully saturated rings. The fourth-order valence-electron chi connectivity index (χ4n) is 4.07. The smallest absolute Gasteiger partial charge is 0.211 e. The van der Waals surface area contributed by atoms with Crippen LogP contribution in [0.3, 0.4) is 0 Å². The Bertz CT molecular complexity index is 634. The summed E-state index contributed by atoms with van der Waals surface area (Å²) in [6.07, 6.45) is 6.86. The van der Waals surface area contributed by atoms with Crippen molar-refractivity contribution in [1.29, 1.82) is 0 Å². The van der Waals surface area contributed by atoms with Gasteiger partial charge >= 0.3 is 0 Å². The Kier molecular flexibility index (Phi) is 7.09. The second-order valence-corrected chi connectivity index (χ2v) is 9.85. The largest absolute Gasteiger partial charge is 0.314 e. The highest BCUT2D eigenvalue weighted by Crippen LogP contribution is 2.19. The van der Waals surface area contributed by atoms with Crippen molar-refractivity contribution in [3.63, 3.8) is 0 Å². The summed E-state index contributed by atoms with van der Waals surface area (Å²) in [4.78, 5) is 2.59. The molecule has 1 N–H and O–H groups in total. The van der Waals surface area contributed by atoms with Crippen LogP contribution < -0.4 is 5.32 Å². The molecule has 2 aliphatic heterocycles. The van der Waals surface area contributed by atoms with E-state index in [-0.39, 0.29) is 0 Å². The van der Waals surface area contributed by atoms with Crippen molar-refractivity contribution in [2.24, 2.45) is 5.92 Å². The van der Waals surface area contributed by atoms with E-state index in [1.165, 1.54) is 37.8 Å². The van der Waals surface area contributed by atoms with Gasteiger partial charge in [0.1, 0.15) is 0 Å². The van der Waals surface area contributed by atoms with Gasteiger partial charge in [-0.3, -0.25) is 0 Å². The fraction of sp³-hybridized carbons (Fsp3) is 0.700. The van der Waals surface area contributed by atoms with Crippen molar-refractivity contribution in [3.05, 3.63) is 35.9 Å². The Morgan fingerprint density at radius 2 is 1.65 bits per heavy atom. The zero-order valence-corrected chi connectivity index (χ0v) is 16.8. The van der Waals surface area contributed by atoms with E-state index >= 15 is 0 Å². The highest BCUT2D eigenvalue weighted by atomic mass is 32.2. The normalized spacial score (nSPS) is 21.9. The first kappa shape index (κ1) is 19.8. The van der Waals surface area contributed by atoms with E-state index in [1.807, 2.05) is 0 Å². The van der Waals surface area contributed by atoms with Crippen LogP contribution in [0, 0.1) is 5.92 Å². The molecule has 0 aliphatic carbocycles. The monoisotopic (exact) mass is 379 g/mol. The molecule has 146 valence electrons. The molecule has 0 saturated carbocycles. The predicted octanol–water partition coefficient (Wildman–Crippen LogP) is 1.95. The van der Waals surface area contributed by atoms with Crippen LogP contribution in [0.5, 0.6) is 0 Å². The first-order valence-corrected chi connectivity index (χ1v) is 11.8. The summed E-state index contributed by atoms with van der Waals surface area (Å²) in [7, 11) is -3.02. The van der Waals surface area contributed by atoms with E-state index < -0.39 is 10.0 Å². The van der Waals surface area contributed by atoms with Gasteiger partial charge in [-0.15, -0.1) is 0 Å². The summed E-state index contributed by atoms with van der Waals surface area (Å²) >= 11 is 0. The molecule has 0 spiro atoms. The minimum absolute atomic E-state index is 0.476. The molecule has 1 aromatic rings. The van der Waals surface area contributed by atoms with Gasteiger partial charge in [0, 0.05) is 25.7 Å². The Balaban J connectivity index is 1.30. The second kappa shape index (κ2) is 9.31. The molecule has 2 aliphatic rings. The Labute approximate surface area is 158 Å². The number of benzene rings is 1. The molecule has 0 unspecified atom stereocenters.